The van der Waals surface area contributed by atoms with Gasteiger partial charge in [-0.3, -0.25) is 14.2 Å². The van der Waals surface area contributed by atoms with Crippen LogP contribution in [0.1, 0.15) is 5.56 Å². The SMILES string of the molecule is COc1ccc(Cn2c(=O)c(=O)n(O)c3ccccc32)cc1. The van der Waals surface area contributed by atoms with Gasteiger partial charge in [-0.1, -0.05) is 24.3 Å². The standard InChI is InChI=1S/C16H14N2O4/c1-22-12-8-6-11(7-9-12)10-17-13-4-2-3-5-14(13)18(21)16(20)15(17)19/h2-9,21H,10H2,1H3. The second-order valence-electron chi connectivity index (χ2n) is 4.85. The monoisotopic (exact) mass is 298 g/mol. The van der Waals surface area contributed by atoms with Gasteiger partial charge in [0, 0.05) is 0 Å². The summed E-state index contributed by atoms with van der Waals surface area (Å²) in [5.74, 6) is 0.715. The Morgan fingerprint density at radius 2 is 1.59 bits per heavy atom. The molecule has 0 atom stereocenters. The molecule has 112 valence electrons. The molecule has 0 saturated carbocycles. The topological polar surface area (TPSA) is 73.5 Å². The molecule has 0 amide bonds. The van der Waals surface area contributed by atoms with Gasteiger partial charge in [-0.05, 0) is 29.8 Å². The first-order chi connectivity index (χ1) is 10.6. The number of fused-ring (bicyclic) bond motifs is 1. The van der Waals surface area contributed by atoms with Gasteiger partial charge in [0.05, 0.1) is 19.2 Å². The fraction of sp³-hybridized carbons (Fsp3) is 0.125. The Labute approximate surface area is 125 Å². The Hall–Kier alpha value is -3.02. The molecule has 1 N–H and O–H groups in total. The molecule has 0 aliphatic carbocycles. The van der Waals surface area contributed by atoms with E-state index in [1.807, 2.05) is 12.1 Å². The molecule has 0 spiro atoms. The minimum Gasteiger partial charge on any atom is -0.497 e. The Morgan fingerprint density at radius 3 is 2.23 bits per heavy atom. The van der Waals surface area contributed by atoms with Gasteiger partial charge < -0.3 is 9.94 Å². The van der Waals surface area contributed by atoms with Crippen molar-refractivity contribution in [1.82, 2.24) is 9.30 Å². The molecule has 0 bridgehead atoms. The lowest BCUT2D eigenvalue weighted by Gasteiger charge is -2.11. The summed E-state index contributed by atoms with van der Waals surface area (Å²) in [5.41, 5.74) is -0.0987. The lowest BCUT2D eigenvalue weighted by molar-refractivity contribution is 0.185. The molecular weight excluding hydrogens is 284 g/mol. The maximum Gasteiger partial charge on any atom is 0.349 e. The van der Waals surface area contributed by atoms with Crippen LogP contribution in [0.2, 0.25) is 0 Å². The van der Waals surface area contributed by atoms with Crippen molar-refractivity contribution in [1.29, 1.82) is 0 Å². The van der Waals surface area contributed by atoms with Crippen LogP contribution >= 0.6 is 0 Å². The highest BCUT2D eigenvalue weighted by molar-refractivity contribution is 5.74. The lowest BCUT2D eigenvalue weighted by atomic mass is 10.2. The van der Waals surface area contributed by atoms with Crippen LogP contribution in [0.15, 0.2) is 58.1 Å². The van der Waals surface area contributed by atoms with E-state index in [2.05, 4.69) is 0 Å². The van der Waals surface area contributed by atoms with Crippen molar-refractivity contribution >= 4 is 11.0 Å². The summed E-state index contributed by atoms with van der Waals surface area (Å²) >= 11 is 0. The number of aromatic nitrogens is 2. The second kappa shape index (κ2) is 5.40. The molecule has 0 fully saturated rings. The third-order valence-electron chi connectivity index (χ3n) is 3.52. The molecule has 0 radical (unpaired) electrons. The van der Waals surface area contributed by atoms with Gasteiger partial charge in [-0.2, -0.15) is 0 Å². The summed E-state index contributed by atoms with van der Waals surface area (Å²) in [5, 5.41) is 9.77. The Balaban J connectivity index is 2.17. The zero-order valence-electron chi connectivity index (χ0n) is 11.9. The first-order valence-corrected chi connectivity index (χ1v) is 6.68. The highest BCUT2D eigenvalue weighted by Crippen LogP contribution is 2.14. The largest absolute Gasteiger partial charge is 0.497 e. The number of benzene rings is 2. The maximum atomic E-state index is 12.2. The molecule has 2 aromatic carbocycles. The van der Waals surface area contributed by atoms with E-state index in [-0.39, 0.29) is 6.54 Å². The van der Waals surface area contributed by atoms with Crippen LogP contribution in [0.5, 0.6) is 5.75 Å². The minimum atomic E-state index is -0.966. The Bertz CT molecular complexity index is 939. The molecule has 1 aromatic heterocycles. The average molecular weight is 298 g/mol. The highest BCUT2D eigenvalue weighted by Gasteiger charge is 2.12. The maximum absolute atomic E-state index is 12.2. The lowest BCUT2D eigenvalue weighted by Crippen LogP contribution is -2.41. The molecule has 0 saturated heterocycles. The van der Waals surface area contributed by atoms with Crippen LogP contribution in [-0.2, 0) is 6.54 Å². The summed E-state index contributed by atoms with van der Waals surface area (Å²) in [4.78, 5) is 24.0. The van der Waals surface area contributed by atoms with Gasteiger partial charge >= 0.3 is 11.1 Å². The van der Waals surface area contributed by atoms with Gasteiger partial charge in [-0.15, -0.1) is 4.73 Å². The van der Waals surface area contributed by atoms with Crippen molar-refractivity contribution in [3.63, 3.8) is 0 Å². The number of methoxy groups -OCH3 is 1. The van der Waals surface area contributed by atoms with E-state index in [1.165, 1.54) is 4.57 Å². The molecule has 6 nitrogen and oxygen atoms in total. The predicted molar refractivity (Wildman–Crippen MR) is 81.7 cm³/mol. The number of para-hydroxylation sites is 2. The number of rotatable bonds is 3. The summed E-state index contributed by atoms with van der Waals surface area (Å²) < 4.78 is 6.84. The normalized spacial score (nSPS) is 10.8. The van der Waals surface area contributed by atoms with Gasteiger partial charge in [0.15, 0.2) is 0 Å². The van der Waals surface area contributed by atoms with Crippen LogP contribution in [0.3, 0.4) is 0 Å². The van der Waals surface area contributed by atoms with E-state index in [0.717, 1.165) is 5.56 Å². The van der Waals surface area contributed by atoms with E-state index in [0.29, 0.717) is 21.5 Å². The summed E-state index contributed by atoms with van der Waals surface area (Å²) in [7, 11) is 1.58. The summed E-state index contributed by atoms with van der Waals surface area (Å²) in [6.45, 7) is 0.236. The smallest absolute Gasteiger partial charge is 0.349 e. The zero-order chi connectivity index (χ0) is 15.7. The second-order valence-corrected chi connectivity index (χ2v) is 4.85. The fourth-order valence-corrected chi connectivity index (χ4v) is 2.37. The van der Waals surface area contributed by atoms with Gasteiger partial charge in [0.1, 0.15) is 11.3 Å². The van der Waals surface area contributed by atoms with Crippen LogP contribution in [-0.4, -0.2) is 21.6 Å². The molecule has 22 heavy (non-hydrogen) atoms. The van der Waals surface area contributed by atoms with E-state index in [1.54, 1.807) is 43.5 Å². The summed E-state index contributed by atoms with van der Waals surface area (Å²) in [6, 6.07) is 13.9. The van der Waals surface area contributed by atoms with E-state index in [4.69, 9.17) is 4.74 Å². The molecule has 0 unspecified atom stereocenters. The van der Waals surface area contributed by atoms with Crippen molar-refractivity contribution in [2.45, 2.75) is 6.54 Å². The minimum absolute atomic E-state index is 0.236. The van der Waals surface area contributed by atoms with E-state index in [9.17, 15) is 14.8 Å². The number of hydrogen-bond donors (Lipinski definition) is 1. The molecule has 3 rings (SSSR count). The van der Waals surface area contributed by atoms with Gasteiger partial charge in [-0.25, -0.2) is 0 Å². The molecule has 0 aliphatic heterocycles. The molecule has 6 heteroatoms. The van der Waals surface area contributed by atoms with Crippen LogP contribution in [0.4, 0.5) is 0 Å². The molecule has 3 aromatic rings. The van der Waals surface area contributed by atoms with Gasteiger partial charge in [0.25, 0.3) is 0 Å². The van der Waals surface area contributed by atoms with Crippen LogP contribution in [0.25, 0.3) is 11.0 Å². The predicted octanol–water partition coefficient (Wildman–Crippen LogP) is 1.46. The van der Waals surface area contributed by atoms with E-state index < -0.39 is 11.1 Å². The van der Waals surface area contributed by atoms with Crippen LogP contribution in [0, 0.1) is 0 Å². The van der Waals surface area contributed by atoms with Gasteiger partial charge in [0.2, 0.25) is 0 Å². The van der Waals surface area contributed by atoms with Crippen molar-refractivity contribution in [3.8, 4) is 5.75 Å². The van der Waals surface area contributed by atoms with Crippen LogP contribution < -0.4 is 15.9 Å². The fourth-order valence-electron chi connectivity index (χ4n) is 2.37. The first kappa shape index (κ1) is 13.9. The van der Waals surface area contributed by atoms with Crippen molar-refractivity contribution in [2.24, 2.45) is 0 Å². The molecule has 0 aliphatic rings. The van der Waals surface area contributed by atoms with Crippen molar-refractivity contribution in [3.05, 3.63) is 74.8 Å². The third kappa shape index (κ3) is 2.24. The van der Waals surface area contributed by atoms with Crippen molar-refractivity contribution < 1.29 is 9.94 Å². The first-order valence-electron chi connectivity index (χ1n) is 6.68. The summed E-state index contributed by atoms with van der Waals surface area (Å²) in [6.07, 6.45) is 0. The number of ether oxygens (including phenoxy) is 1. The van der Waals surface area contributed by atoms with Crippen molar-refractivity contribution in [2.75, 3.05) is 7.11 Å². The number of hydrogen-bond acceptors (Lipinski definition) is 4. The number of nitrogens with zero attached hydrogens (tertiary/aromatic N) is 2. The Kier molecular flexibility index (Phi) is 3.42. The quantitative estimate of drug-likeness (QED) is 0.587. The molecular formula is C16H14N2O4. The zero-order valence-corrected chi connectivity index (χ0v) is 11.9. The Morgan fingerprint density at radius 1 is 0.955 bits per heavy atom. The average Bonchev–Trinajstić information content (AvgIpc) is 2.57. The third-order valence-corrected chi connectivity index (χ3v) is 3.52. The molecule has 1 heterocycles. The highest BCUT2D eigenvalue weighted by atomic mass is 16.5. The van der Waals surface area contributed by atoms with E-state index >= 15 is 0 Å².